The molecule has 100 valence electrons. The number of benzene rings is 3. The number of anilines is 1. The molecule has 3 aromatic rings. The molecule has 0 radical (unpaired) electrons. The summed E-state index contributed by atoms with van der Waals surface area (Å²) in [5.41, 5.74) is 2.56. The minimum absolute atomic E-state index is 0.502. The fraction of sp³-hybridized carbons (Fsp3) is 0.158. The normalized spacial score (nSPS) is 12.2. The molecule has 1 N–H and O–H groups in total. The standard InChI is InChI=1S/C19H19N/c1-15(16-7-3-2-4-8-16)14-20-19-12-11-17-9-5-6-10-18(17)13-19/h2-13,15,20H,14H2,1H3. The topological polar surface area (TPSA) is 12.0 Å². The molecule has 1 atom stereocenters. The molecule has 1 heteroatoms. The lowest BCUT2D eigenvalue weighted by molar-refractivity contribution is 0.805. The summed E-state index contributed by atoms with van der Waals surface area (Å²) in [5.74, 6) is 0.502. The Balaban J connectivity index is 1.70. The first-order valence-corrected chi connectivity index (χ1v) is 7.10. The Hall–Kier alpha value is -2.28. The molecule has 3 aromatic carbocycles. The highest BCUT2D eigenvalue weighted by molar-refractivity contribution is 5.85. The van der Waals surface area contributed by atoms with Gasteiger partial charge < -0.3 is 5.32 Å². The van der Waals surface area contributed by atoms with Gasteiger partial charge in [0.2, 0.25) is 0 Å². The van der Waals surface area contributed by atoms with Crippen LogP contribution in [0.1, 0.15) is 18.4 Å². The largest absolute Gasteiger partial charge is 0.384 e. The van der Waals surface area contributed by atoms with Gasteiger partial charge in [0.15, 0.2) is 0 Å². The molecule has 1 unspecified atom stereocenters. The predicted molar refractivity (Wildman–Crippen MR) is 87.3 cm³/mol. The minimum atomic E-state index is 0.502. The summed E-state index contributed by atoms with van der Waals surface area (Å²) in [5, 5.41) is 6.10. The second kappa shape index (κ2) is 5.79. The molecule has 0 spiro atoms. The van der Waals surface area contributed by atoms with Gasteiger partial charge in [-0.15, -0.1) is 0 Å². The lowest BCUT2D eigenvalue weighted by atomic mass is 10.0. The molecule has 0 bridgehead atoms. The molecule has 0 amide bonds. The van der Waals surface area contributed by atoms with E-state index in [1.54, 1.807) is 0 Å². The lowest BCUT2D eigenvalue weighted by Crippen LogP contribution is -2.09. The molecule has 20 heavy (non-hydrogen) atoms. The van der Waals surface area contributed by atoms with E-state index >= 15 is 0 Å². The molecule has 0 saturated heterocycles. The molecule has 0 fully saturated rings. The van der Waals surface area contributed by atoms with Crippen LogP contribution in [0.2, 0.25) is 0 Å². The van der Waals surface area contributed by atoms with Crippen molar-refractivity contribution in [1.29, 1.82) is 0 Å². The molecule has 1 nitrogen and oxygen atoms in total. The smallest absolute Gasteiger partial charge is 0.0346 e. The van der Waals surface area contributed by atoms with E-state index in [1.165, 1.54) is 22.0 Å². The van der Waals surface area contributed by atoms with E-state index in [2.05, 4.69) is 85.0 Å². The van der Waals surface area contributed by atoms with Crippen molar-refractivity contribution in [3.8, 4) is 0 Å². The number of hydrogen-bond acceptors (Lipinski definition) is 1. The summed E-state index contributed by atoms with van der Waals surface area (Å²) in [7, 11) is 0. The van der Waals surface area contributed by atoms with Crippen LogP contribution in [0.25, 0.3) is 10.8 Å². The van der Waals surface area contributed by atoms with Crippen molar-refractivity contribution >= 4 is 16.5 Å². The van der Waals surface area contributed by atoms with Gasteiger partial charge in [0.05, 0.1) is 0 Å². The van der Waals surface area contributed by atoms with E-state index in [0.29, 0.717) is 5.92 Å². The van der Waals surface area contributed by atoms with Crippen LogP contribution in [0, 0.1) is 0 Å². The van der Waals surface area contributed by atoms with Crippen molar-refractivity contribution in [2.75, 3.05) is 11.9 Å². The fourth-order valence-electron chi connectivity index (χ4n) is 2.47. The zero-order chi connectivity index (χ0) is 13.8. The van der Waals surface area contributed by atoms with Gasteiger partial charge in [0.1, 0.15) is 0 Å². The first kappa shape index (κ1) is 12.7. The van der Waals surface area contributed by atoms with Gasteiger partial charge in [-0.1, -0.05) is 67.6 Å². The molecule has 0 heterocycles. The average molecular weight is 261 g/mol. The van der Waals surface area contributed by atoms with E-state index < -0.39 is 0 Å². The predicted octanol–water partition coefficient (Wildman–Crippen LogP) is 5.06. The van der Waals surface area contributed by atoms with Crippen LogP contribution in [-0.2, 0) is 0 Å². The maximum Gasteiger partial charge on any atom is 0.0346 e. The highest BCUT2D eigenvalue weighted by Crippen LogP contribution is 2.20. The van der Waals surface area contributed by atoms with Crippen LogP contribution in [0.4, 0.5) is 5.69 Å². The summed E-state index contributed by atoms with van der Waals surface area (Å²) >= 11 is 0. The monoisotopic (exact) mass is 261 g/mol. The number of rotatable bonds is 4. The number of fused-ring (bicyclic) bond motifs is 1. The fourth-order valence-corrected chi connectivity index (χ4v) is 2.47. The van der Waals surface area contributed by atoms with E-state index in [-0.39, 0.29) is 0 Å². The zero-order valence-electron chi connectivity index (χ0n) is 11.7. The van der Waals surface area contributed by atoms with Gasteiger partial charge in [0, 0.05) is 12.2 Å². The first-order chi connectivity index (χ1) is 9.83. The third-order valence-corrected chi connectivity index (χ3v) is 3.73. The molecule has 0 aliphatic heterocycles. The quantitative estimate of drug-likeness (QED) is 0.692. The Labute approximate surface area is 120 Å². The summed E-state index contributed by atoms with van der Waals surface area (Å²) < 4.78 is 0. The van der Waals surface area contributed by atoms with Crippen molar-refractivity contribution in [1.82, 2.24) is 0 Å². The van der Waals surface area contributed by atoms with Gasteiger partial charge in [-0.3, -0.25) is 0 Å². The summed E-state index contributed by atoms with van der Waals surface area (Å²) in [6.45, 7) is 3.20. The lowest BCUT2D eigenvalue weighted by Gasteiger charge is -2.14. The third-order valence-electron chi connectivity index (χ3n) is 3.73. The first-order valence-electron chi connectivity index (χ1n) is 7.10. The minimum Gasteiger partial charge on any atom is -0.384 e. The number of hydrogen-bond donors (Lipinski definition) is 1. The van der Waals surface area contributed by atoms with E-state index in [0.717, 1.165) is 6.54 Å². The summed E-state index contributed by atoms with van der Waals surface area (Å²) in [4.78, 5) is 0. The molecule has 0 aliphatic rings. The Morgan fingerprint density at radius 1 is 0.800 bits per heavy atom. The van der Waals surface area contributed by atoms with E-state index in [9.17, 15) is 0 Å². The van der Waals surface area contributed by atoms with Crippen LogP contribution in [0.3, 0.4) is 0 Å². The SMILES string of the molecule is CC(CNc1ccc2ccccc2c1)c1ccccc1. The van der Waals surface area contributed by atoms with Gasteiger partial charge in [-0.2, -0.15) is 0 Å². The molecule has 0 saturated carbocycles. The maximum atomic E-state index is 3.54. The summed E-state index contributed by atoms with van der Waals surface area (Å²) in [6.07, 6.45) is 0. The molecule has 0 aromatic heterocycles. The number of nitrogens with one attached hydrogen (secondary N) is 1. The second-order valence-corrected chi connectivity index (χ2v) is 5.25. The van der Waals surface area contributed by atoms with Crippen LogP contribution >= 0.6 is 0 Å². The van der Waals surface area contributed by atoms with Crippen LogP contribution in [0.5, 0.6) is 0 Å². The summed E-state index contributed by atoms with van der Waals surface area (Å²) in [6, 6.07) is 25.6. The van der Waals surface area contributed by atoms with Gasteiger partial charge >= 0.3 is 0 Å². The maximum absolute atomic E-state index is 3.54. The van der Waals surface area contributed by atoms with Crippen molar-refractivity contribution in [2.24, 2.45) is 0 Å². The highest BCUT2D eigenvalue weighted by atomic mass is 14.9. The van der Waals surface area contributed by atoms with Gasteiger partial charge in [0.25, 0.3) is 0 Å². The van der Waals surface area contributed by atoms with Crippen LogP contribution in [-0.4, -0.2) is 6.54 Å². The molecule has 3 rings (SSSR count). The molecular formula is C19H19N. The van der Waals surface area contributed by atoms with Crippen LogP contribution in [0.15, 0.2) is 72.8 Å². The van der Waals surface area contributed by atoms with Gasteiger partial charge in [-0.05, 0) is 34.4 Å². The Morgan fingerprint density at radius 2 is 1.50 bits per heavy atom. The Bertz CT molecular complexity index is 688. The van der Waals surface area contributed by atoms with Crippen molar-refractivity contribution in [3.63, 3.8) is 0 Å². The van der Waals surface area contributed by atoms with Crippen molar-refractivity contribution < 1.29 is 0 Å². The molecular weight excluding hydrogens is 242 g/mol. The van der Waals surface area contributed by atoms with E-state index in [4.69, 9.17) is 0 Å². The Morgan fingerprint density at radius 3 is 2.30 bits per heavy atom. The third kappa shape index (κ3) is 2.83. The molecule has 0 aliphatic carbocycles. The van der Waals surface area contributed by atoms with Gasteiger partial charge in [-0.25, -0.2) is 0 Å². The Kier molecular flexibility index (Phi) is 3.69. The second-order valence-electron chi connectivity index (χ2n) is 5.25. The van der Waals surface area contributed by atoms with Crippen LogP contribution < -0.4 is 5.32 Å². The van der Waals surface area contributed by atoms with Crippen molar-refractivity contribution in [2.45, 2.75) is 12.8 Å². The van der Waals surface area contributed by atoms with E-state index in [1.807, 2.05) is 0 Å². The zero-order valence-corrected chi connectivity index (χ0v) is 11.7. The average Bonchev–Trinajstić information content (AvgIpc) is 2.53. The van der Waals surface area contributed by atoms with Crippen molar-refractivity contribution in [3.05, 3.63) is 78.4 Å². The highest BCUT2D eigenvalue weighted by Gasteiger charge is 2.04.